The Hall–Kier alpha value is -3.79. The fraction of sp³-hybridized carbons (Fsp3) is 0.0526. The molecule has 0 radical (unpaired) electrons. The van der Waals surface area contributed by atoms with E-state index in [1.807, 2.05) is 0 Å². The Balaban J connectivity index is 1.75. The lowest BCUT2D eigenvalue weighted by Gasteiger charge is -2.12. The number of aromatic nitrogens is 1. The fourth-order valence-corrected chi connectivity index (χ4v) is 2.49. The average Bonchev–Trinajstić information content (AvgIpc) is 3.24. The summed E-state index contributed by atoms with van der Waals surface area (Å²) in [5.41, 5.74) is -0.0207. The van der Waals surface area contributed by atoms with Gasteiger partial charge in [0.2, 0.25) is 5.90 Å². The second-order valence-electron chi connectivity index (χ2n) is 5.64. The van der Waals surface area contributed by atoms with Crippen LogP contribution in [0.25, 0.3) is 0 Å². The van der Waals surface area contributed by atoms with Crippen LogP contribution in [-0.2, 0) is 4.74 Å². The van der Waals surface area contributed by atoms with Crippen molar-refractivity contribution >= 4 is 35.1 Å². The van der Waals surface area contributed by atoms with E-state index < -0.39 is 18.4 Å². The maximum Gasteiger partial charge on any atom is 0.387 e. The molecule has 1 aromatic carbocycles. The lowest BCUT2D eigenvalue weighted by atomic mass is 10.2. The highest BCUT2D eigenvalue weighted by molar-refractivity contribution is 6.31. The quantitative estimate of drug-likeness (QED) is 0.388. The summed E-state index contributed by atoms with van der Waals surface area (Å²) in [5, 5.41) is 18.3. The molecule has 0 spiro atoms. The minimum Gasteiger partial charge on any atom is -0.459 e. The molecule has 30 heavy (non-hydrogen) atoms. The molecule has 8 nitrogen and oxygen atoms in total. The van der Waals surface area contributed by atoms with E-state index in [1.54, 1.807) is 6.07 Å². The van der Waals surface area contributed by atoms with Gasteiger partial charge >= 0.3 is 6.61 Å². The Morgan fingerprint density at radius 2 is 1.97 bits per heavy atom. The number of nitrogens with one attached hydrogen (secondary N) is 3. The van der Waals surface area contributed by atoms with E-state index in [4.69, 9.17) is 31.6 Å². The van der Waals surface area contributed by atoms with E-state index in [9.17, 15) is 13.6 Å². The predicted octanol–water partition coefficient (Wildman–Crippen LogP) is 4.55. The third-order valence-electron chi connectivity index (χ3n) is 3.62. The Morgan fingerprint density at radius 1 is 1.17 bits per heavy atom. The van der Waals surface area contributed by atoms with Crippen LogP contribution in [0.5, 0.6) is 5.75 Å². The smallest absolute Gasteiger partial charge is 0.387 e. The van der Waals surface area contributed by atoms with Gasteiger partial charge in [0.1, 0.15) is 11.6 Å². The van der Waals surface area contributed by atoms with Crippen molar-refractivity contribution in [1.29, 1.82) is 10.8 Å². The molecule has 11 heteroatoms. The summed E-state index contributed by atoms with van der Waals surface area (Å²) in [6.07, 6.45) is 2.66. The number of benzene rings is 1. The first-order chi connectivity index (χ1) is 14.3. The molecule has 0 bridgehead atoms. The number of amides is 1. The van der Waals surface area contributed by atoms with Gasteiger partial charge in [-0.15, -0.1) is 0 Å². The van der Waals surface area contributed by atoms with Gasteiger partial charge in [0.25, 0.3) is 11.8 Å². The molecule has 0 aliphatic heterocycles. The molecule has 3 rings (SSSR count). The monoisotopic (exact) mass is 434 g/mol. The van der Waals surface area contributed by atoms with Gasteiger partial charge in [-0.2, -0.15) is 8.78 Å². The number of alkyl halides is 2. The van der Waals surface area contributed by atoms with Crippen molar-refractivity contribution in [2.75, 3.05) is 5.32 Å². The number of carbonyl (C=O) groups is 1. The van der Waals surface area contributed by atoms with Crippen LogP contribution in [0.3, 0.4) is 0 Å². The number of hydrogen-bond acceptors (Lipinski definition) is 7. The van der Waals surface area contributed by atoms with Gasteiger partial charge in [-0.25, -0.2) is 4.98 Å². The molecule has 1 amide bonds. The predicted molar refractivity (Wildman–Crippen MR) is 104 cm³/mol. The molecular formula is C19H13ClF2N4O4. The van der Waals surface area contributed by atoms with Crippen molar-refractivity contribution in [2.45, 2.75) is 6.61 Å². The molecule has 154 valence electrons. The zero-order valence-corrected chi connectivity index (χ0v) is 15.7. The number of rotatable bonds is 6. The van der Waals surface area contributed by atoms with E-state index in [1.165, 1.54) is 42.8 Å². The summed E-state index contributed by atoms with van der Waals surface area (Å²) in [5.74, 6) is -1.77. The van der Waals surface area contributed by atoms with E-state index in [0.29, 0.717) is 0 Å². The SMILES string of the molecule is N=C(OC(=N)c1ccco1)c1ccnc(NC(=O)c2cc(Cl)ccc2OC(F)F)c1. The van der Waals surface area contributed by atoms with Crippen LogP contribution in [0.1, 0.15) is 21.7 Å². The zero-order chi connectivity index (χ0) is 21.7. The number of furan rings is 1. The van der Waals surface area contributed by atoms with E-state index in [2.05, 4.69) is 15.0 Å². The molecule has 0 unspecified atom stereocenters. The number of nitrogens with zero attached hydrogens (tertiary/aromatic N) is 1. The first-order valence-electron chi connectivity index (χ1n) is 8.24. The van der Waals surface area contributed by atoms with E-state index in [-0.39, 0.29) is 39.4 Å². The molecule has 2 heterocycles. The lowest BCUT2D eigenvalue weighted by Crippen LogP contribution is -2.17. The van der Waals surface area contributed by atoms with Crippen LogP contribution < -0.4 is 10.1 Å². The Morgan fingerprint density at radius 3 is 2.67 bits per heavy atom. The van der Waals surface area contributed by atoms with Gasteiger partial charge in [0.05, 0.1) is 11.8 Å². The topological polar surface area (TPSA) is 121 Å². The minimum atomic E-state index is -3.12. The molecule has 0 atom stereocenters. The van der Waals surface area contributed by atoms with Crippen molar-refractivity contribution < 1.29 is 27.5 Å². The first-order valence-corrected chi connectivity index (χ1v) is 8.62. The van der Waals surface area contributed by atoms with Gasteiger partial charge in [0, 0.05) is 16.8 Å². The molecule has 3 N–H and O–H groups in total. The first kappa shape index (κ1) is 20.9. The third-order valence-corrected chi connectivity index (χ3v) is 3.85. The summed E-state index contributed by atoms with van der Waals surface area (Å²) in [6, 6.07) is 9.44. The van der Waals surface area contributed by atoms with Crippen LogP contribution >= 0.6 is 11.6 Å². The normalized spacial score (nSPS) is 10.5. The highest BCUT2D eigenvalue weighted by atomic mass is 35.5. The average molecular weight is 435 g/mol. The molecular weight excluding hydrogens is 422 g/mol. The summed E-state index contributed by atoms with van der Waals surface area (Å²) in [4.78, 5) is 16.5. The maximum atomic E-state index is 12.6. The highest BCUT2D eigenvalue weighted by Crippen LogP contribution is 2.25. The molecule has 0 saturated heterocycles. The van der Waals surface area contributed by atoms with Crippen molar-refractivity contribution in [3.8, 4) is 5.75 Å². The van der Waals surface area contributed by atoms with Crippen molar-refractivity contribution in [3.63, 3.8) is 0 Å². The molecule has 0 aliphatic rings. The third kappa shape index (κ3) is 5.17. The highest BCUT2D eigenvalue weighted by Gasteiger charge is 2.18. The van der Waals surface area contributed by atoms with Crippen LogP contribution in [-0.4, -0.2) is 29.3 Å². The number of anilines is 1. The maximum absolute atomic E-state index is 12.6. The van der Waals surface area contributed by atoms with Crippen LogP contribution in [0.4, 0.5) is 14.6 Å². The molecule has 0 aliphatic carbocycles. The van der Waals surface area contributed by atoms with E-state index >= 15 is 0 Å². The summed E-state index contributed by atoms with van der Waals surface area (Å²) < 4.78 is 39.6. The van der Waals surface area contributed by atoms with Crippen LogP contribution in [0.2, 0.25) is 5.02 Å². The Bertz CT molecular complexity index is 1090. The standard InChI is InChI=1S/C19H13ClF2N4O4/c20-11-3-4-13(29-19(21)22)12(9-11)18(27)26-15-8-10(5-6-25-15)16(23)30-17(24)14-2-1-7-28-14/h1-9,19,23-24H,(H,25,26,27). The number of ether oxygens (including phenoxy) is 2. The number of pyridine rings is 1. The number of halogens is 3. The Kier molecular flexibility index (Phi) is 6.38. The van der Waals surface area contributed by atoms with Crippen LogP contribution in [0, 0.1) is 10.8 Å². The number of carbonyl (C=O) groups excluding carboxylic acids is 1. The molecule has 3 aromatic rings. The van der Waals surface area contributed by atoms with Gasteiger partial charge in [-0.05, 0) is 42.5 Å². The summed E-state index contributed by atoms with van der Waals surface area (Å²) >= 11 is 5.85. The van der Waals surface area contributed by atoms with Crippen molar-refractivity contribution in [1.82, 2.24) is 4.98 Å². The van der Waals surface area contributed by atoms with Gasteiger partial charge < -0.3 is 19.2 Å². The molecule has 0 fully saturated rings. The largest absolute Gasteiger partial charge is 0.459 e. The van der Waals surface area contributed by atoms with Crippen molar-refractivity contribution in [3.05, 3.63) is 76.8 Å². The molecule has 0 saturated carbocycles. The van der Waals surface area contributed by atoms with Gasteiger partial charge in [0.15, 0.2) is 5.76 Å². The minimum absolute atomic E-state index is 0.0124. The van der Waals surface area contributed by atoms with Gasteiger partial charge in [-0.1, -0.05) is 11.6 Å². The lowest BCUT2D eigenvalue weighted by molar-refractivity contribution is -0.0501. The summed E-state index contributed by atoms with van der Waals surface area (Å²) in [7, 11) is 0. The summed E-state index contributed by atoms with van der Waals surface area (Å²) in [6.45, 7) is -3.12. The fourth-order valence-electron chi connectivity index (χ4n) is 2.32. The second kappa shape index (κ2) is 9.14. The zero-order valence-electron chi connectivity index (χ0n) is 15.0. The van der Waals surface area contributed by atoms with E-state index in [0.717, 1.165) is 6.07 Å². The van der Waals surface area contributed by atoms with Crippen LogP contribution in [0.15, 0.2) is 59.3 Å². The second-order valence-corrected chi connectivity index (χ2v) is 6.08. The number of hydrogen-bond donors (Lipinski definition) is 3. The molecule has 2 aromatic heterocycles. The van der Waals surface area contributed by atoms with Crippen molar-refractivity contribution in [2.24, 2.45) is 0 Å². The van der Waals surface area contributed by atoms with Gasteiger partial charge in [-0.3, -0.25) is 15.6 Å². The Labute approximate surface area is 173 Å².